The van der Waals surface area contributed by atoms with Gasteiger partial charge in [0.2, 0.25) is 11.8 Å². The summed E-state index contributed by atoms with van der Waals surface area (Å²) in [6.07, 6.45) is 3.23. The van der Waals surface area contributed by atoms with Gasteiger partial charge in [0.05, 0.1) is 23.9 Å². The van der Waals surface area contributed by atoms with Crippen molar-refractivity contribution in [1.82, 2.24) is 26.1 Å². The van der Waals surface area contributed by atoms with Crippen LogP contribution in [0.4, 0.5) is 0 Å². The van der Waals surface area contributed by atoms with Gasteiger partial charge in [-0.1, -0.05) is 44.2 Å². The fourth-order valence-electron chi connectivity index (χ4n) is 4.68. The van der Waals surface area contributed by atoms with E-state index in [-0.39, 0.29) is 18.4 Å². The summed E-state index contributed by atoms with van der Waals surface area (Å²) in [5, 5.41) is 27.3. The van der Waals surface area contributed by atoms with Crippen molar-refractivity contribution in [3.63, 3.8) is 0 Å². The highest BCUT2D eigenvalue weighted by molar-refractivity contribution is 5.89. The van der Waals surface area contributed by atoms with E-state index in [0.29, 0.717) is 30.6 Å². The molecule has 1 aliphatic heterocycles. The Balaban J connectivity index is 1.66. The molecular weight excluding hydrogens is 554 g/mol. The standard InChI is InChI=1S/C31H43N5O7/c1-18(2)26(37)28(39)33-20(4)29(40)36-15-7-8-24(35-36)27(38)32-19(3)23-12-11-22-10-9-21(16-25(22)34-23)13-14-31(5,17-43-6)30(41)42/h9-14,16,18-20,24,26,35,37H,7-8,15,17H2,1-6H3,(H,32,38)(H,33,39)(H,41,42)/b14-13+/t19-,20?,24?,26?,31?/m1/s1. The summed E-state index contributed by atoms with van der Waals surface area (Å²) >= 11 is 0. The Hall–Kier alpha value is -3.87. The molecule has 0 spiro atoms. The third kappa shape index (κ3) is 8.59. The Morgan fingerprint density at radius 1 is 1.16 bits per heavy atom. The number of hydrazine groups is 1. The molecule has 0 saturated carbocycles. The zero-order valence-corrected chi connectivity index (χ0v) is 25.6. The van der Waals surface area contributed by atoms with E-state index in [9.17, 15) is 29.4 Å². The third-order valence-corrected chi connectivity index (χ3v) is 7.51. The molecule has 0 bridgehead atoms. The number of pyridine rings is 1. The van der Waals surface area contributed by atoms with Gasteiger partial charge in [0, 0.05) is 19.0 Å². The number of amides is 3. The number of carbonyl (C=O) groups excluding carboxylic acids is 3. The molecule has 234 valence electrons. The van der Waals surface area contributed by atoms with Gasteiger partial charge in [-0.25, -0.2) is 5.43 Å². The minimum atomic E-state index is -1.22. The first-order valence-electron chi connectivity index (χ1n) is 14.4. The number of ether oxygens (including phenoxy) is 1. The van der Waals surface area contributed by atoms with Crippen molar-refractivity contribution in [1.29, 1.82) is 0 Å². The van der Waals surface area contributed by atoms with Crippen LogP contribution in [-0.2, 0) is 23.9 Å². The first-order valence-corrected chi connectivity index (χ1v) is 14.4. The van der Waals surface area contributed by atoms with Crippen molar-refractivity contribution < 1.29 is 34.1 Å². The molecule has 1 aromatic carbocycles. The van der Waals surface area contributed by atoms with Gasteiger partial charge in [0.25, 0.3) is 5.91 Å². The van der Waals surface area contributed by atoms with Gasteiger partial charge in [-0.05, 0) is 57.2 Å². The highest BCUT2D eigenvalue weighted by Crippen LogP contribution is 2.23. The van der Waals surface area contributed by atoms with Gasteiger partial charge in [-0.3, -0.25) is 29.2 Å². The number of aromatic nitrogens is 1. The van der Waals surface area contributed by atoms with Crippen LogP contribution in [0.3, 0.4) is 0 Å². The van der Waals surface area contributed by atoms with Gasteiger partial charge in [0.15, 0.2) is 0 Å². The lowest BCUT2D eigenvalue weighted by molar-refractivity contribution is -0.147. The molecule has 2 aromatic rings. The van der Waals surface area contributed by atoms with Gasteiger partial charge in [-0.2, -0.15) is 0 Å². The molecule has 3 rings (SSSR count). The third-order valence-electron chi connectivity index (χ3n) is 7.51. The van der Waals surface area contributed by atoms with Crippen molar-refractivity contribution >= 4 is 40.7 Å². The van der Waals surface area contributed by atoms with E-state index in [1.54, 1.807) is 32.9 Å². The molecule has 1 aromatic heterocycles. The molecule has 0 radical (unpaired) electrons. The summed E-state index contributed by atoms with van der Waals surface area (Å²) in [4.78, 5) is 54.7. The summed E-state index contributed by atoms with van der Waals surface area (Å²) in [5.41, 5.74) is 3.91. The van der Waals surface area contributed by atoms with Crippen LogP contribution in [0.5, 0.6) is 0 Å². The van der Waals surface area contributed by atoms with Crippen LogP contribution in [0.25, 0.3) is 17.0 Å². The van der Waals surface area contributed by atoms with Crippen LogP contribution in [0.1, 0.15) is 64.8 Å². The molecule has 0 aliphatic carbocycles. The predicted molar refractivity (Wildman–Crippen MR) is 161 cm³/mol. The first kappa shape index (κ1) is 33.6. The van der Waals surface area contributed by atoms with Gasteiger partial charge in [-0.15, -0.1) is 0 Å². The van der Waals surface area contributed by atoms with E-state index in [1.165, 1.54) is 19.0 Å². The van der Waals surface area contributed by atoms with Crippen molar-refractivity contribution in [2.24, 2.45) is 11.3 Å². The molecule has 12 heteroatoms. The molecule has 1 fully saturated rings. The van der Waals surface area contributed by atoms with Crippen LogP contribution in [0.2, 0.25) is 0 Å². The summed E-state index contributed by atoms with van der Waals surface area (Å²) in [6, 6.07) is 7.40. The Bertz CT molecular complexity index is 1360. The van der Waals surface area contributed by atoms with Gasteiger partial charge >= 0.3 is 5.97 Å². The second-order valence-corrected chi connectivity index (χ2v) is 11.6. The van der Waals surface area contributed by atoms with Crippen LogP contribution < -0.4 is 16.1 Å². The number of methoxy groups -OCH3 is 1. The Kier molecular flexibility index (Phi) is 11.4. The zero-order valence-electron chi connectivity index (χ0n) is 25.6. The Morgan fingerprint density at radius 3 is 2.51 bits per heavy atom. The largest absolute Gasteiger partial charge is 0.481 e. The number of nitrogens with zero attached hydrogens (tertiary/aromatic N) is 2. The number of rotatable bonds is 12. The molecule has 2 heterocycles. The number of carbonyl (C=O) groups is 4. The molecule has 43 heavy (non-hydrogen) atoms. The number of benzene rings is 1. The van der Waals surface area contributed by atoms with E-state index in [0.717, 1.165) is 10.9 Å². The zero-order chi connectivity index (χ0) is 31.9. The number of carboxylic acids is 1. The maximum Gasteiger partial charge on any atom is 0.315 e. The summed E-state index contributed by atoms with van der Waals surface area (Å²) in [5.74, 6) is -2.59. The summed E-state index contributed by atoms with van der Waals surface area (Å²) in [6.45, 7) is 8.78. The van der Waals surface area contributed by atoms with E-state index < -0.39 is 47.4 Å². The quantitative estimate of drug-likeness (QED) is 0.246. The maximum atomic E-state index is 13.2. The number of fused-ring (bicyclic) bond motifs is 1. The van der Waals surface area contributed by atoms with Crippen molar-refractivity contribution in [2.45, 2.75) is 71.7 Å². The normalized spacial score (nSPS) is 19.1. The molecular formula is C31H43N5O7. The molecule has 5 atom stereocenters. The lowest BCUT2D eigenvalue weighted by atomic mass is 9.90. The smallest absolute Gasteiger partial charge is 0.315 e. The molecule has 4 unspecified atom stereocenters. The van der Waals surface area contributed by atoms with Crippen molar-refractivity contribution in [2.75, 3.05) is 20.3 Å². The van der Waals surface area contributed by atoms with Crippen LogP contribution in [-0.4, -0.2) is 82.3 Å². The lowest BCUT2D eigenvalue weighted by Gasteiger charge is -2.35. The summed E-state index contributed by atoms with van der Waals surface area (Å²) < 4.78 is 5.07. The number of aliphatic hydroxyl groups is 1. The lowest BCUT2D eigenvalue weighted by Crippen LogP contribution is -2.61. The first-order chi connectivity index (χ1) is 20.2. The SMILES string of the molecule is COCC(C)(/C=C/c1ccc2ccc([C@@H](C)NC(=O)C3CCCN(C(=O)C(C)NC(=O)C(O)C(C)C)N3)nc2c1)C(=O)O. The molecule has 1 saturated heterocycles. The second kappa shape index (κ2) is 14.5. The number of hydrogen-bond donors (Lipinski definition) is 5. The Morgan fingerprint density at radius 2 is 1.86 bits per heavy atom. The van der Waals surface area contributed by atoms with E-state index in [1.807, 2.05) is 37.3 Å². The monoisotopic (exact) mass is 597 g/mol. The van der Waals surface area contributed by atoms with Gasteiger partial charge < -0.3 is 25.6 Å². The fraction of sp³-hybridized carbons (Fsp3) is 0.516. The average molecular weight is 598 g/mol. The van der Waals surface area contributed by atoms with Crippen molar-refractivity contribution in [3.05, 3.63) is 47.7 Å². The van der Waals surface area contributed by atoms with Crippen LogP contribution >= 0.6 is 0 Å². The van der Waals surface area contributed by atoms with E-state index in [4.69, 9.17) is 9.72 Å². The number of nitrogens with one attached hydrogen (secondary N) is 3. The summed E-state index contributed by atoms with van der Waals surface area (Å²) in [7, 11) is 1.46. The number of hydrogen-bond acceptors (Lipinski definition) is 8. The molecule has 3 amide bonds. The maximum absolute atomic E-state index is 13.2. The molecule has 1 aliphatic rings. The van der Waals surface area contributed by atoms with Gasteiger partial charge in [0.1, 0.15) is 23.6 Å². The average Bonchev–Trinajstić information content (AvgIpc) is 2.98. The van der Waals surface area contributed by atoms with E-state index in [2.05, 4.69) is 16.1 Å². The minimum absolute atomic E-state index is 0.0336. The minimum Gasteiger partial charge on any atom is -0.481 e. The fourth-order valence-corrected chi connectivity index (χ4v) is 4.68. The Labute approximate surface area is 251 Å². The van der Waals surface area contributed by atoms with E-state index >= 15 is 0 Å². The van der Waals surface area contributed by atoms with Crippen molar-refractivity contribution in [3.8, 4) is 0 Å². The highest BCUT2D eigenvalue weighted by atomic mass is 16.5. The van der Waals surface area contributed by atoms with Crippen LogP contribution in [0, 0.1) is 11.3 Å². The molecule has 5 N–H and O–H groups in total. The molecule has 12 nitrogen and oxygen atoms in total. The number of carboxylic acid groups (broad SMARTS) is 1. The van der Waals surface area contributed by atoms with Crippen LogP contribution in [0.15, 0.2) is 36.4 Å². The number of aliphatic hydroxyl groups excluding tert-OH is 1. The highest BCUT2D eigenvalue weighted by Gasteiger charge is 2.32. The second-order valence-electron chi connectivity index (χ2n) is 11.6. The predicted octanol–water partition coefficient (Wildman–Crippen LogP) is 2.18. The topological polar surface area (TPSA) is 170 Å². The number of aliphatic carboxylic acids is 1.